The van der Waals surface area contributed by atoms with E-state index in [4.69, 9.17) is 4.42 Å². The van der Waals surface area contributed by atoms with Gasteiger partial charge in [0.1, 0.15) is 0 Å². The standard InChI is InChI=1S/C20H27N3O3/c1-3-23(4-2)17(16-9-6-5-7-10-16)15-22-19(24)12-13-21-20(25)18-11-8-14-26-18/h5-11,14,17H,3-4,12-13,15H2,1-2H3,(H,21,25)(H,22,24). The molecular formula is C20H27N3O3. The highest BCUT2D eigenvalue weighted by Crippen LogP contribution is 2.19. The Kier molecular flexibility index (Phi) is 7.89. The van der Waals surface area contributed by atoms with E-state index in [0.29, 0.717) is 6.54 Å². The SMILES string of the molecule is CCN(CC)C(CNC(=O)CCNC(=O)c1ccco1)c1ccccc1. The molecule has 140 valence electrons. The summed E-state index contributed by atoms with van der Waals surface area (Å²) in [4.78, 5) is 26.2. The molecule has 0 radical (unpaired) electrons. The molecule has 0 fully saturated rings. The summed E-state index contributed by atoms with van der Waals surface area (Å²) in [6, 6.07) is 13.5. The van der Waals surface area contributed by atoms with Crippen LogP contribution in [0.15, 0.2) is 53.1 Å². The highest BCUT2D eigenvalue weighted by molar-refractivity contribution is 5.91. The van der Waals surface area contributed by atoms with Gasteiger partial charge in [-0.1, -0.05) is 44.2 Å². The first kappa shape index (κ1) is 19.7. The number of hydrogen-bond acceptors (Lipinski definition) is 4. The first-order valence-corrected chi connectivity index (χ1v) is 9.03. The van der Waals surface area contributed by atoms with E-state index < -0.39 is 0 Å². The quantitative estimate of drug-likeness (QED) is 0.685. The van der Waals surface area contributed by atoms with Crippen molar-refractivity contribution >= 4 is 11.8 Å². The Bertz CT molecular complexity index is 667. The largest absolute Gasteiger partial charge is 0.459 e. The van der Waals surface area contributed by atoms with Crippen molar-refractivity contribution in [3.8, 4) is 0 Å². The molecule has 6 nitrogen and oxygen atoms in total. The second-order valence-electron chi connectivity index (χ2n) is 5.93. The Morgan fingerprint density at radius 1 is 1.04 bits per heavy atom. The van der Waals surface area contributed by atoms with Crippen LogP contribution in [0.2, 0.25) is 0 Å². The highest BCUT2D eigenvalue weighted by atomic mass is 16.3. The van der Waals surface area contributed by atoms with Gasteiger partial charge in [-0.25, -0.2) is 0 Å². The Morgan fingerprint density at radius 3 is 2.38 bits per heavy atom. The molecule has 1 unspecified atom stereocenters. The zero-order chi connectivity index (χ0) is 18.8. The van der Waals surface area contributed by atoms with E-state index in [1.165, 1.54) is 11.8 Å². The fourth-order valence-electron chi connectivity index (χ4n) is 2.88. The monoisotopic (exact) mass is 357 g/mol. The molecule has 1 aromatic heterocycles. The van der Waals surface area contributed by atoms with E-state index in [1.807, 2.05) is 18.2 Å². The van der Waals surface area contributed by atoms with Gasteiger partial charge in [-0.3, -0.25) is 14.5 Å². The van der Waals surface area contributed by atoms with Gasteiger partial charge in [0, 0.05) is 19.5 Å². The minimum Gasteiger partial charge on any atom is -0.459 e. The van der Waals surface area contributed by atoms with Crippen molar-refractivity contribution in [2.24, 2.45) is 0 Å². The predicted molar refractivity (Wildman–Crippen MR) is 101 cm³/mol. The van der Waals surface area contributed by atoms with Gasteiger partial charge in [-0.2, -0.15) is 0 Å². The summed E-state index contributed by atoms with van der Waals surface area (Å²) in [5.74, 6) is -0.151. The topological polar surface area (TPSA) is 74.6 Å². The van der Waals surface area contributed by atoms with Crippen molar-refractivity contribution in [1.29, 1.82) is 0 Å². The molecule has 0 aliphatic rings. The number of likely N-dealkylation sites (N-methyl/N-ethyl adjacent to an activating group) is 1. The van der Waals surface area contributed by atoms with Crippen LogP contribution in [0, 0.1) is 0 Å². The Hall–Kier alpha value is -2.60. The maximum atomic E-state index is 12.1. The molecular weight excluding hydrogens is 330 g/mol. The summed E-state index contributed by atoms with van der Waals surface area (Å²) in [6.45, 7) is 6.86. The van der Waals surface area contributed by atoms with Crippen molar-refractivity contribution in [2.75, 3.05) is 26.2 Å². The van der Waals surface area contributed by atoms with Crippen molar-refractivity contribution in [2.45, 2.75) is 26.3 Å². The van der Waals surface area contributed by atoms with Crippen LogP contribution in [0.5, 0.6) is 0 Å². The van der Waals surface area contributed by atoms with Crippen molar-refractivity contribution in [3.63, 3.8) is 0 Å². The number of furan rings is 1. The first-order valence-electron chi connectivity index (χ1n) is 9.03. The van der Waals surface area contributed by atoms with Crippen LogP contribution >= 0.6 is 0 Å². The lowest BCUT2D eigenvalue weighted by molar-refractivity contribution is -0.121. The summed E-state index contributed by atoms with van der Waals surface area (Å²) >= 11 is 0. The van der Waals surface area contributed by atoms with Gasteiger partial charge in [0.2, 0.25) is 5.91 Å². The zero-order valence-corrected chi connectivity index (χ0v) is 15.4. The molecule has 0 saturated carbocycles. The lowest BCUT2D eigenvalue weighted by atomic mass is 10.1. The Labute approximate surface area is 154 Å². The molecule has 0 saturated heterocycles. The van der Waals surface area contributed by atoms with Crippen LogP contribution in [0.3, 0.4) is 0 Å². The molecule has 1 atom stereocenters. The number of rotatable bonds is 10. The normalized spacial score (nSPS) is 12.0. The Balaban J connectivity index is 1.82. The number of carbonyl (C=O) groups is 2. The number of nitrogens with one attached hydrogen (secondary N) is 2. The average Bonchev–Trinajstić information content (AvgIpc) is 3.20. The first-order chi connectivity index (χ1) is 12.7. The molecule has 0 aliphatic heterocycles. The lowest BCUT2D eigenvalue weighted by Crippen LogP contribution is -2.39. The maximum absolute atomic E-state index is 12.1. The number of nitrogens with zero attached hydrogens (tertiary/aromatic N) is 1. The minimum absolute atomic E-state index is 0.0853. The van der Waals surface area contributed by atoms with Gasteiger partial charge in [0.25, 0.3) is 5.91 Å². The summed E-state index contributed by atoms with van der Waals surface area (Å²) in [6.07, 6.45) is 1.67. The average molecular weight is 357 g/mol. The third-order valence-corrected chi connectivity index (χ3v) is 4.31. The van der Waals surface area contributed by atoms with Crippen LogP contribution in [0.4, 0.5) is 0 Å². The van der Waals surface area contributed by atoms with Crippen LogP contribution < -0.4 is 10.6 Å². The van der Waals surface area contributed by atoms with Crippen molar-refractivity contribution in [1.82, 2.24) is 15.5 Å². The number of amides is 2. The second-order valence-corrected chi connectivity index (χ2v) is 5.93. The van der Waals surface area contributed by atoms with Gasteiger partial charge in [-0.05, 0) is 30.8 Å². The molecule has 1 aromatic carbocycles. The van der Waals surface area contributed by atoms with E-state index in [0.717, 1.165) is 13.1 Å². The van der Waals surface area contributed by atoms with E-state index in [-0.39, 0.29) is 36.6 Å². The van der Waals surface area contributed by atoms with Gasteiger partial charge in [0.15, 0.2) is 5.76 Å². The van der Waals surface area contributed by atoms with Crippen molar-refractivity contribution < 1.29 is 14.0 Å². The second kappa shape index (κ2) is 10.4. The summed E-state index contributed by atoms with van der Waals surface area (Å²) < 4.78 is 5.01. The van der Waals surface area contributed by atoms with Crippen LogP contribution in [-0.4, -0.2) is 42.9 Å². The van der Waals surface area contributed by atoms with E-state index in [9.17, 15) is 9.59 Å². The third kappa shape index (κ3) is 5.74. The number of hydrogen-bond donors (Lipinski definition) is 2. The summed E-state index contributed by atoms with van der Waals surface area (Å²) in [7, 11) is 0. The van der Waals surface area contributed by atoms with E-state index >= 15 is 0 Å². The molecule has 1 heterocycles. The number of benzene rings is 1. The molecule has 26 heavy (non-hydrogen) atoms. The van der Waals surface area contributed by atoms with Gasteiger partial charge < -0.3 is 15.1 Å². The maximum Gasteiger partial charge on any atom is 0.286 e. The van der Waals surface area contributed by atoms with E-state index in [2.05, 4.69) is 41.5 Å². The smallest absolute Gasteiger partial charge is 0.286 e. The number of carbonyl (C=O) groups excluding carboxylic acids is 2. The van der Waals surface area contributed by atoms with Crippen molar-refractivity contribution in [3.05, 3.63) is 60.1 Å². The fourth-order valence-corrected chi connectivity index (χ4v) is 2.88. The molecule has 2 amide bonds. The van der Waals surface area contributed by atoms with Gasteiger partial charge >= 0.3 is 0 Å². The molecule has 2 aromatic rings. The zero-order valence-electron chi connectivity index (χ0n) is 15.4. The Morgan fingerprint density at radius 2 is 1.77 bits per heavy atom. The molecule has 2 N–H and O–H groups in total. The molecule has 2 rings (SSSR count). The minimum atomic E-state index is -0.312. The summed E-state index contributed by atoms with van der Waals surface area (Å²) in [5, 5.41) is 5.66. The molecule has 0 spiro atoms. The highest BCUT2D eigenvalue weighted by Gasteiger charge is 2.18. The van der Waals surface area contributed by atoms with Crippen LogP contribution in [0.1, 0.15) is 42.4 Å². The lowest BCUT2D eigenvalue weighted by Gasteiger charge is -2.30. The van der Waals surface area contributed by atoms with E-state index in [1.54, 1.807) is 12.1 Å². The molecule has 0 aliphatic carbocycles. The summed E-state index contributed by atoms with van der Waals surface area (Å²) in [5.41, 5.74) is 1.18. The van der Waals surface area contributed by atoms with Gasteiger partial charge in [0.05, 0.1) is 12.3 Å². The van der Waals surface area contributed by atoms with Crippen LogP contribution in [0.25, 0.3) is 0 Å². The molecule has 0 bridgehead atoms. The van der Waals surface area contributed by atoms with Crippen LogP contribution in [-0.2, 0) is 4.79 Å². The van der Waals surface area contributed by atoms with Gasteiger partial charge in [-0.15, -0.1) is 0 Å². The predicted octanol–water partition coefficient (Wildman–Crippen LogP) is 2.60. The molecule has 6 heteroatoms. The third-order valence-electron chi connectivity index (χ3n) is 4.31. The fraction of sp³-hybridized carbons (Fsp3) is 0.400.